The molecule has 1 rings (SSSR count). The van der Waals surface area contributed by atoms with Crippen molar-refractivity contribution < 1.29 is 9.53 Å². The van der Waals surface area contributed by atoms with Crippen LogP contribution < -0.4 is 0 Å². The molecule has 0 fully saturated rings. The van der Waals surface area contributed by atoms with E-state index >= 15 is 0 Å². The van der Waals surface area contributed by atoms with Crippen LogP contribution in [0.1, 0.15) is 39.7 Å². The first kappa shape index (κ1) is 15.7. The minimum atomic E-state index is -0.395. The lowest BCUT2D eigenvalue weighted by Gasteiger charge is -2.23. The van der Waals surface area contributed by atoms with E-state index in [0.717, 1.165) is 19.6 Å². The summed E-state index contributed by atoms with van der Waals surface area (Å²) in [7, 11) is 0. The van der Waals surface area contributed by atoms with Gasteiger partial charge in [0.1, 0.15) is 5.60 Å². The van der Waals surface area contributed by atoms with E-state index in [-0.39, 0.29) is 5.97 Å². The molecule has 0 bridgehead atoms. The van der Waals surface area contributed by atoms with Crippen LogP contribution in [0, 0.1) is 0 Å². The lowest BCUT2D eigenvalue weighted by Crippen LogP contribution is -2.29. The Hall–Kier alpha value is -1.35. The maximum absolute atomic E-state index is 11.7. The molecular formula is C16H25NO2. The highest BCUT2D eigenvalue weighted by atomic mass is 16.6. The minimum Gasteiger partial charge on any atom is -0.460 e. The van der Waals surface area contributed by atoms with Gasteiger partial charge in [0.15, 0.2) is 0 Å². The average molecular weight is 263 g/mol. The number of carbonyl (C=O) groups is 1. The molecule has 19 heavy (non-hydrogen) atoms. The molecule has 0 aromatic heterocycles. The molecule has 1 aromatic rings. The van der Waals surface area contributed by atoms with Crippen LogP contribution in [0.3, 0.4) is 0 Å². The second kappa shape index (κ2) is 7.29. The van der Waals surface area contributed by atoms with Crippen molar-refractivity contribution in [3.05, 3.63) is 35.9 Å². The number of rotatable bonds is 6. The summed E-state index contributed by atoms with van der Waals surface area (Å²) >= 11 is 0. The summed E-state index contributed by atoms with van der Waals surface area (Å²) < 4.78 is 5.32. The third kappa shape index (κ3) is 6.97. The smallest absolute Gasteiger partial charge is 0.307 e. The van der Waals surface area contributed by atoms with Crippen molar-refractivity contribution in [3.63, 3.8) is 0 Å². The molecule has 0 N–H and O–H groups in total. The first-order chi connectivity index (χ1) is 8.90. The van der Waals surface area contributed by atoms with Crippen LogP contribution in [0.4, 0.5) is 0 Å². The zero-order valence-corrected chi connectivity index (χ0v) is 12.5. The fourth-order valence-corrected chi connectivity index (χ4v) is 1.83. The van der Waals surface area contributed by atoms with Gasteiger partial charge in [-0.2, -0.15) is 0 Å². The molecule has 0 spiro atoms. The fourth-order valence-electron chi connectivity index (χ4n) is 1.83. The van der Waals surface area contributed by atoms with Crippen molar-refractivity contribution in [3.8, 4) is 0 Å². The van der Waals surface area contributed by atoms with Crippen LogP contribution in [0.15, 0.2) is 30.3 Å². The number of ether oxygens (including phenoxy) is 1. The molecule has 0 unspecified atom stereocenters. The largest absolute Gasteiger partial charge is 0.460 e. The van der Waals surface area contributed by atoms with Gasteiger partial charge >= 0.3 is 5.97 Å². The van der Waals surface area contributed by atoms with Crippen molar-refractivity contribution in [2.24, 2.45) is 0 Å². The molecule has 106 valence electrons. The summed E-state index contributed by atoms with van der Waals surface area (Å²) in [6, 6.07) is 10.3. The number of carbonyl (C=O) groups excluding carboxylic acids is 1. The molecule has 0 aliphatic rings. The maximum atomic E-state index is 11.7. The highest BCUT2D eigenvalue weighted by molar-refractivity contribution is 5.70. The normalized spacial score (nSPS) is 11.6. The third-order valence-electron chi connectivity index (χ3n) is 2.75. The number of benzene rings is 1. The predicted molar refractivity (Wildman–Crippen MR) is 77.9 cm³/mol. The summed E-state index contributed by atoms with van der Waals surface area (Å²) in [5.74, 6) is -0.126. The van der Waals surface area contributed by atoms with E-state index in [1.807, 2.05) is 39.0 Å². The third-order valence-corrected chi connectivity index (χ3v) is 2.75. The average Bonchev–Trinajstić information content (AvgIpc) is 2.33. The van der Waals surface area contributed by atoms with Crippen LogP contribution in [-0.2, 0) is 16.1 Å². The van der Waals surface area contributed by atoms with Crippen molar-refractivity contribution in [1.29, 1.82) is 0 Å². The van der Waals surface area contributed by atoms with Crippen LogP contribution in [0.2, 0.25) is 0 Å². The Kier molecular flexibility index (Phi) is 6.03. The van der Waals surface area contributed by atoms with Crippen LogP contribution >= 0.6 is 0 Å². The predicted octanol–water partition coefficient (Wildman–Crippen LogP) is 3.24. The van der Waals surface area contributed by atoms with Crippen LogP contribution in [0.25, 0.3) is 0 Å². The first-order valence-corrected chi connectivity index (χ1v) is 6.89. The maximum Gasteiger partial charge on any atom is 0.307 e. The second-order valence-corrected chi connectivity index (χ2v) is 5.69. The summed E-state index contributed by atoms with van der Waals surface area (Å²) in [6.07, 6.45) is 0.442. The van der Waals surface area contributed by atoms with Gasteiger partial charge in [0, 0.05) is 13.1 Å². The van der Waals surface area contributed by atoms with E-state index in [1.54, 1.807) is 0 Å². The molecule has 0 radical (unpaired) electrons. The van der Waals surface area contributed by atoms with E-state index < -0.39 is 5.60 Å². The van der Waals surface area contributed by atoms with Crippen LogP contribution in [-0.4, -0.2) is 29.6 Å². The Morgan fingerprint density at radius 1 is 1.21 bits per heavy atom. The molecule has 0 amide bonds. The second-order valence-electron chi connectivity index (χ2n) is 5.69. The van der Waals surface area contributed by atoms with Crippen molar-refractivity contribution in [2.75, 3.05) is 13.1 Å². The zero-order chi connectivity index (χ0) is 14.3. The van der Waals surface area contributed by atoms with Crippen molar-refractivity contribution in [1.82, 2.24) is 4.90 Å². The number of hydrogen-bond donors (Lipinski definition) is 0. The number of nitrogens with zero attached hydrogens (tertiary/aromatic N) is 1. The highest BCUT2D eigenvalue weighted by Gasteiger charge is 2.16. The lowest BCUT2D eigenvalue weighted by atomic mass is 10.2. The molecule has 0 heterocycles. The molecule has 3 nitrogen and oxygen atoms in total. The number of hydrogen-bond acceptors (Lipinski definition) is 3. The molecule has 0 saturated heterocycles. The zero-order valence-electron chi connectivity index (χ0n) is 12.5. The van der Waals surface area contributed by atoms with E-state index in [9.17, 15) is 4.79 Å². The molecule has 0 aliphatic heterocycles. The Morgan fingerprint density at radius 2 is 1.84 bits per heavy atom. The van der Waals surface area contributed by atoms with E-state index in [4.69, 9.17) is 4.74 Å². The van der Waals surface area contributed by atoms with Crippen molar-refractivity contribution >= 4 is 5.97 Å². The van der Waals surface area contributed by atoms with Gasteiger partial charge in [0.05, 0.1) is 6.42 Å². The summed E-state index contributed by atoms with van der Waals surface area (Å²) in [6.45, 7) is 10.3. The standard InChI is InChI=1S/C16H25NO2/c1-5-17(13-14-9-7-6-8-10-14)12-11-15(18)19-16(2,3)4/h6-10H,5,11-13H2,1-4H3. The Balaban J connectivity index is 2.39. The molecule has 3 heteroatoms. The van der Waals surface area contributed by atoms with Gasteiger partial charge in [-0.05, 0) is 32.9 Å². The highest BCUT2D eigenvalue weighted by Crippen LogP contribution is 2.09. The van der Waals surface area contributed by atoms with Gasteiger partial charge in [0.2, 0.25) is 0 Å². The first-order valence-electron chi connectivity index (χ1n) is 6.89. The van der Waals surface area contributed by atoms with Gasteiger partial charge in [-0.15, -0.1) is 0 Å². The topological polar surface area (TPSA) is 29.5 Å². The summed E-state index contributed by atoms with van der Waals surface area (Å²) in [5, 5.41) is 0. The number of esters is 1. The van der Waals surface area contributed by atoms with Gasteiger partial charge in [-0.25, -0.2) is 0 Å². The monoisotopic (exact) mass is 263 g/mol. The molecular weight excluding hydrogens is 238 g/mol. The fraction of sp³-hybridized carbons (Fsp3) is 0.562. The molecule has 1 aromatic carbocycles. The van der Waals surface area contributed by atoms with E-state index in [2.05, 4.69) is 24.0 Å². The Bertz CT molecular complexity index is 381. The lowest BCUT2D eigenvalue weighted by molar-refractivity contribution is -0.155. The van der Waals surface area contributed by atoms with Gasteiger partial charge < -0.3 is 4.74 Å². The summed E-state index contributed by atoms with van der Waals surface area (Å²) in [5.41, 5.74) is 0.877. The van der Waals surface area contributed by atoms with E-state index in [0.29, 0.717) is 6.42 Å². The molecule has 0 saturated carbocycles. The minimum absolute atomic E-state index is 0.126. The Morgan fingerprint density at radius 3 is 2.37 bits per heavy atom. The van der Waals surface area contributed by atoms with Gasteiger partial charge in [0.25, 0.3) is 0 Å². The van der Waals surface area contributed by atoms with Crippen LogP contribution in [0.5, 0.6) is 0 Å². The SMILES string of the molecule is CCN(CCC(=O)OC(C)(C)C)Cc1ccccc1. The van der Waals surface area contributed by atoms with Gasteiger partial charge in [-0.1, -0.05) is 37.3 Å². The summed E-state index contributed by atoms with van der Waals surface area (Å²) in [4.78, 5) is 13.9. The molecule has 0 atom stereocenters. The quantitative estimate of drug-likeness (QED) is 0.738. The van der Waals surface area contributed by atoms with Gasteiger partial charge in [-0.3, -0.25) is 9.69 Å². The van der Waals surface area contributed by atoms with Crippen molar-refractivity contribution in [2.45, 2.75) is 46.3 Å². The Labute approximate surface area is 116 Å². The molecule has 0 aliphatic carbocycles. The van der Waals surface area contributed by atoms with E-state index in [1.165, 1.54) is 5.56 Å².